The normalized spacial score (nSPS) is 16.1. The van der Waals surface area contributed by atoms with Crippen molar-refractivity contribution in [3.05, 3.63) is 99.4 Å². The summed E-state index contributed by atoms with van der Waals surface area (Å²) in [5.74, 6) is -0.488. The van der Waals surface area contributed by atoms with Gasteiger partial charge in [0.15, 0.2) is 0 Å². The lowest BCUT2D eigenvalue weighted by molar-refractivity contribution is 0.0974. The monoisotopic (exact) mass is 668 g/mol. The van der Waals surface area contributed by atoms with Crippen LogP contribution in [-0.2, 0) is 0 Å². The van der Waals surface area contributed by atoms with E-state index in [2.05, 4.69) is 15.6 Å². The van der Waals surface area contributed by atoms with Gasteiger partial charge in [-0.25, -0.2) is 9.98 Å². The fourth-order valence-corrected chi connectivity index (χ4v) is 6.48. The predicted octanol–water partition coefficient (Wildman–Crippen LogP) is 9.37. The van der Waals surface area contributed by atoms with E-state index in [1.54, 1.807) is 31.2 Å². The van der Waals surface area contributed by atoms with Crippen LogP contribution in [0.4, 0.5) is 11.4 Å². The van der Waals surface area contributed by atoms with Gasteiger partial charge in [0.2, 0.25) is 0 Å². The van der Waals surface area contributed by atoms with E-state index in [0.717, 1.165) is 0 Å². The first kappa shape index (κ1) is 27.6. The van der Waals surface area contributed by atoms with Gasteiger partial charge in [-0.05, 0) is 24.6 Å². The standard InChI is InChI=1S/C27H11Cl7N4O2/c1-8-13-14(18(29)21(32)17(8)28)24(37-26(13)39)35-11-6-2-5-10-9(11)4-3-7-12(10)36-25-15-16(27(40)38-25)20(31)23(34)22(33)19(15)30/h2-7H,1H3,(H,35,37,39)(H,36,38,40). The maximum absolute atomic E-state index is 12.8. The van der Waals surface area contributed by atoms with Gasteiger partial charge in [-0.15, -0.1) is 0 Å². The molecule has 2 heterocycles. The minimum Gasteiger partial charge on any atom is -0.306 e. The van der Waals surface area contributed by atoms with Gasteiger partial charge in [0.25, 0.3) is 11.8 Å². The molecule has 40 heavy (non-hydrogen) atoms. The van der Waals surface area contributed by atoms with Gasteiger partial charge in [-0.3, -0.25) is 9.59 Å². The van der Waals surface area contributed by atoms with E-state index < -0.39 is 5.91 Å². The first-order valence-electron chi connectivity index (χ1n) is 11.4. The number of rotatable bonds is 2. The molecule has 0 fully saturated rings. The van der Waals surface area contributed by atoms with Crippen LogP contribution >= 0.6 is 81.2 Å². The number of benzene rings is 4. The Labute approximate surface area is 261 Å². The summed E-state index contributed by atoms with van der Waals surface area (Å²) in [6.07, 6.45) is 0. The third kappa shape index (κ3) is 4.09. The Bertz CT molecular complexity index is 1800. The Balaban J connectivity index is 1.52. The molecule has 4 aromatic rings. The van der Waals surface area contributed by atoms with Crippen LogP contribution in [0.15, 0.2) is 46.4 Å². The van der Waals surface area contributed by atoms with E-state index >= 15 is 0 Å². The number of amidine groups is 2. The summed E-state index contributed by atoms with van der Waals surface area (Å²) in [4.78, 5) is 34.9. The second kappa shape index (κ2) is 10.1. The smallest absolute Gasteiger partial charge is 0.259 e. The molecule has 2 aliphatic rings. The summed E-state index contributed by atoms with van der Waals surface area (Å²) < 4.78 is 0. The van der Waals surface area contributed by atoms with Crippen molar-refractivity contribution in [3.8, 4) is 0 Å². The maximum atomic E-state index is 12.8. The molecular formula is C27H11Cl7N4O2. The van der Waals surface area contributed by atoms with Crippen molar-refractivity contribution in [1.82, 2.24) is 10.6 Å². The van der Waals surface area contributed by atoms with Crippen molar-refractivity contribution in [2.75, 3.05) is 0 Å². The highest BCUT2D eigenvalue weighted by Crippen LogP contribution is 2.44. The van der Waals surface area contributed by atoms with Crippen LogP contribution in [-0.4, -0.2) is 23.5 Å². The third-order valence-corrected chi connectivity index (χ3v) is 9.78. The van der Waals surface area contributed by atoms with Crippen LogP contribution in [0.3, 0.4) is 0 Å². The number of aliphatic imine (C=N–C) groups is 2. The third-order valence-electron chi connectivity index (χ3n) is 6.56. The zero-order chi connectivity index (χ0) is 28.6. The van der Waals surface area contributed by atoms with E-state index in [9.17, 15) is 9.59 Å². The van der Waals surface area contributed by atoms with Crippen LogP contribution in [0.5, 0.6) is 0 Å². The molecule has 0 atom stereocenters. The minimum atomic E-state index is -0.506. The van der Waals surface area contributed by atoms with Crippen LogP contribution in [0, 0.1) is 6.92 Å². The van der Waals surface area contributed by atoms with Gasteiger partial charge in [0.1, 0.15) is 11.7 Å². The molecule has 0 aromatic heterocycles. The average Bonchev–Trinajstić information content (AvgIpc) is 3.44. The van der Waals surface area contributed by atoms with Gasteiger partial charge in [-0.1, -0.05) is 105 Å². The second-order valence-electron chi connectivity index (χ2n) is 8.80. The molecule has 0 saturated carbocycles. The van der Waals surface area contributed by atoms with Crippen molar-refractivity contribution in [2.45, 2.75) is 6.92 Å². The fraction of sp³-hybridized carbons (Fsp3) is 0.0370. The summed E-state index contributed by atoms with van der Waals surface area (Å²) in [6.45, 7) is 1.69. The van der Waals surface area contributed by atoms with E-state index in [-0.39, 0.29) is 63.9 Å². The summed E-state index contributed by atoms with van der Waals surface area (Å²) >= 11 is 44.3. The van der Waals surface area contributed by atoms with E-state index in [1.165, 1.54) is 0 Å². The number of amides is 2. The summed E-state index contributed by atoms with van der Waals surface area (Å²) in [5.41, 5.74) is 2.56. The van der Waals surface area contributed by atoms with Gasteiger partial charge in [0, 0.05) is 10.8 Å². The number of nitrogens with one attached hydrogen (secondary N) is 2. The molecule has 4 aromatic carbocycles. The van der Waals surface area contributed by atoms with Crippen molar-refractivity contribution >= 4 is 127 Å². The van der Waals surface area contributed by atoms with Gasteiger partial charge < -0.3 is 10.6 Å². The summed E-state index contributed by atoms with van der Waals surface area (Å²) in [5, 5.41) is 7.37. The zero-order valence-corrected chi connectivity index (χ0v) is 25.1. The van der Waals surface area contributed by atoms with Crippen LogP contribution < -0.4 is 10.6 Å². The SMILES string of the molecule is Cc1c(Cl)c(Cl)c(Cl)c2c1C(=O)NC2=Nc1cccc2c(N=C3NC(=O)c4c(Cl)c(Cl)c(Cl)c(Cl)c43)cccc12. The Kier molecular flexibility index (Phi) is 6.95. The zero-order valence-electron chi connectivity index (χ0n) is 19.8. The number of carbonyl (C=O) groups excluding carboxylic acids is 2. The molecule has 0 saturated heterocycles. The Morgan fingerprint density at radius 2 is 0.925 bits per heavy atom. The Hall–Kier alpha value is -2.55. The highest BCUT2D eigenvalue weighted by Gasteiger charge is 2.35. The average molecular weight is 672 g/mol. The van der Waals surface area contributed by atoms with Crippen LogP contribution in [0.1, 0.15) is 37.4 Å². The van der Waals surface area contributed by atoms with Gasteiger partial charge >= 0.3 is 0 Å². The number of hydrogen-bond acceptors (Lipinski definition) is 4. The van der Waals surface area contributed by atoms with E-state index in [4.69, 9.17) is 86.2 Å². The number of fused-ring (bicyclic) bond motifs is 3. The maximum Gasteiger partial charge on any atom is 0.259 e. The van der Waals surface area contributed by atoms with Crippen molar-refractivity contribution in [1.29, 1.82) is 0 Å². The molecule has 0 radical (unpaired) electrons. The molecular weight excluding hydrogens is 660 g/mol. The summed E-state index contributed by atoms with van der Waals surface area (Å²) in [7, 11) is 0. The lowest BCUT2D eigenvalue weighted by atomic mass is 10.0. The summed E-state index contributed by atoms with van der Waals surface area (Å²) in [6, 6.07) is 10.8. The number of halogens is 7. The largest absolute Gasteiger partial charge is 0.306 e. The van der Waals surface area contributed by atoms with Gasteiger partial charge in [-0.2, -0.15) is 0 Å². The van der Waals surface area contributed by atoms with Crippen LogP contribution in [0.25, 0.3) is 10.8 Å². The van der Waals surface area contributed by atoms with E-state index in [0.29, 0.717) is 38.8 Å². The number of carbonyl (C=O) groups is 2. The lowest BCUT2D eigenvalue weighted by Crippen LogP contribution is -2.21. The molecule has 2 aliphatic heterocycles. The fourth-order valence-electron chi connectivity index (χ4n) is 4.70. The highest BCUT2D eigenvalue weighted by atomic mass is 35.5. The first-order valence-corrected chi connectivity index (χ1v) is 14.0. The number of hydrogen-bond donors (Lipinski definition) is 2. The quantitative estimate of drug-likeness (QED) is 0.165. The molecule has 2 N–H and O–H groups in total. The van der Waals surface area contributed by atoms with E-state index in [1.807, 2.05) is 12.1 Å². The molecule has 0 aliphatic carbocycles. The highest BCUT2D eigenvalue weighted by molar-refractivity contribution is 6.55. The van der Waals surface area contributed by atoms with Crippen molar-refractivity contribution < 1.29 is 9.59 Å². The molecule has 0 unspecified atom stereocenters. The molecule has 6 nitrogen and oxygen atoms in total. The van der Waals surface area contributed by atoms with Crippen molar-refractivity contribution in [3.63, 3.8) is 0 Å². The number of nitrogens with zero attached hydrogens (tertiary/aromatic N) is 2. The minimum absolute atomic E-state index is 0.0148. The predicted molar refractivity (Wildman–Crippen MR) is 164 cm³/mol. The molecule has 0 bridgehead atoms. The molecule has 13 heteroatoms. The first-order chi connectivity index (χ1) is 19.0. The molecule has 200 valence electrons. The molecule has 6 rings (SSSR count). The lowest BCUT2D eigenvalue weighted by Gasteiger charge is -2.10. The Morgan fingerprint density at radius 3 is 1.43 bits per heavy atom. The molecule has 2 amide bonds. The molecule has 0 spiro atoms. The second-order valence-corrected chi connectivity index (χ2v) is 11.4. The van der Waals surface area contributed by atoms with Crippen molar-refractivity contribution in [2.24, 2.45) is 9.98 Å². The topological polar surface area (TPSA) is 82.9 Å². The Morgan fingerprint density at radius 1 is 0.525 bits per heavy atom. The van der Waals surface area contributed by atoms with Gasteiger partial charge in [0.05, 0.1) is 68.8 Å². The van der Waals surface area contributed by atoms with Crippen LogP contribution in [0.2, 0.25) is 35.2 Å².